The number of guanidine groups is 1. The van der Waals surface area contributed by atoms with Gasteiger partial charge >= 0.3 is 0 Å². The van der Waals surface area contributed by atoms with Gasteiger partial charge in [0, 0.05) is 44.3 Å². The Morgan fingerprint density at radius 2 is 2.04 bits per heavy atom. The van der Waals surface area contributed by atoms with Gasteiger partial charge in [0.2, 0.25) is 0 Å². The number of aromatic nitrogens is 1. The Bertz CT molecular complexity index is 779. The molecule has 3 unspecified atom stereocenters. The molecule has 2 aliphatic rings. The summed E-state index contributed by atoms with van der Waals surface area (Å²) in [4.78, 5) is 11.1. The van der Waals surface area contributed by atoms with E-state index in [0.29, 0.717) is 23.0 Å². The number of nitrogens with one attached hydrogen (secondary N) is 2. The van der Waals surface area contributed by atoms with E-state index >= 15 is 0 Å². The number of pyridine rings is 1. The van der Waals surface area contributed by atoms with Gasteiger partial charge in [0.15, 0.2) is 5.96 Å². The number of rotatable bonds is 4. The maximum atomic E-state index is 6.28. The molecule has 1 aliphatic heterocycles. The molecule has 1 saturated carbocycles. The summed E-state index contributed by atoms with van der Waals surface area (Å²) < 4.78 is 0. The van der Waals surface area contributed by atoms with Crippen LogP contribution in [0.5, 0.6) is 0 Å². The van der Waals surface area contributed by atoms with Crippen molar-refractivity contribution in [1.82, 2.24) is 15.6 Å². The van der Waals surface area contributed by atoms with Crippen LogP contribution in [0, 0.1) is 0 Å². The molecule has 1 aromatic carbocycles. The van der Waals surface area contributed by atoms with Crippen molar-refractivity contribution >= 4 is 23.4 Å². The van der Waals surface area contributed by atoms with Gasteiger partial charge in [0.1, 0.15) is 5.82 Å². The summed E-state index contributed by atoms with van der Waals surface area (Å²) >= 11 is 6.28. The molecule has 5 nitrogen and oxygen atoms in total. The lowest BCUT2D eigenvalue weighted by atomic mass is 10.1. The van der Waals surface area contributed by atoms with E-state index in [0.717, 1.165) is 37.7 Å². The monoisotopic (exact) mass is 369 g/mol. The van der Waals surface area contributed by atoms with Crippen molar-refractivity contribution in [2.45, 2.75) is 30.8 Å². The second-order valence-electron chi connectivity index (χ2n) is 6.96. The van der Waals surface area contributed by atoms with Crippen LogP contribution in [0.3, 0.4) is 0 Å². The van der Waals surface area contributed by atoms with E-state index in [1.54, 1.807) is 6.20 Å². The Balaban J connectivity index is 1.31. The van der Waals surface area contributed by atoms with Crippen molar-refractivity contribution < 1.29 is 0 Å². The number of hydrogen-bond acceptors (Lipinski definition) is 3. The Morgan fingerprint density at radius 3 is 2.81 bits per heavy atom. The largest absolute Gasteiger partial charge is 0.353 e. The van der Waals surface area contributed by atoms with Crippen LogP contribution in [-0.4, -0.2) is 43.2 Å². The molecule has 0 spiro atoms. The first-order valence-electron chi connectivity index (χ1n) is 9.15. The van der Waals surface area contributed by atoms with Crippen LogP contribution in [0.25, 0.3) is 0 Å². The van der Waals surface area contributed by atoms with Crippen molar-refractivity contribution in [1.29, 1.82) is 0 Å². The van der Waals surface area contributed by atoms with Crippen LogP contribution in [0.1, 0.15) is 24.3 Å². The van der Waals surface area contributed by atoms with Gasteiger partial charge in [-0.3, -0.25) is 4.99 Å². The highest BCUT2D eigenvalue weighted by molar-refractivity contribution is 6.32. The summed E-state index contributed by atoms with van der Waals surface area (Å²) in [6.45, 7) is 1.83. The van der Waals surface area contributed by atoms with E-state index in [9.17, 15) is 0 Å². The maximum Gasteiger partial charge on any atom is 0.191 e. The summed E-state index contributed by atoms with van der Waals surface area (Å²) in [5, 5.41) is 7.82. The van der Waals surface area contributed by atoms with E-state index < -0.39 is 0 Å². The Hall–Kier alpha value is -2.27. The third-order valence-corrected chi connectivity index (χ3v) is 5.43. The summed E-state index contributed by atoms with van der Waals surface area (Å²) in [5.41, 5.74) is 1.40. The zero-order valence-electron chi connectivity index (χ0n) is 14.9. The number of hydrogen-bond donors (Lipinski definition) is 2. The fraction of sp³-hybridized carbons (Fsp3) is 0.400. The first-order chi connectivity index (χ1) is 12.7. The second kappa shape index (κ2) is 7.54. The molecule has 1 aliphatic carbocycles. The average molecular weight is 370 g/mol. The predicted octanol–water partition coefficient (Wildman–Crippen LogP) is 3.03. The third-order valence-electron chi connectivity index (χ3n) is 5.13. The van der Waals surface area contributed by atoms with Crippen LogP contribution in [0.4, 0.5) is 5.82 Å². The highest BCUT2D eigenvalue weighted by Crippen LogP contribution is 2.40. The first-order valence-corrected chi connectivity index (χ1v) is 9.52. The van der Waals surface area contributed by atoms with Gasteiger partial charge in [-0.15, -0.1) is 0 Å². The van der Waals surface area contributed by atoms with Crippen molar-refractivity contribution in [3.05, 3.63) is 59.2 Å². The normalized spacial score (nSPS) is 25.2. The zero-order valence-corrected chi connectivity index (χ0v) is 15.7. The molecular weight excluding hydrogens is 346 g/mol. The topological polar surface area (TPSA) is 52.6 Å². The lowest BCUT2D eigenvalue weighted by molar-refractivity contribution is 0.646. The van der Waals surface area contributed by atoms with Crippen LogP contribution in [0.15, 0.2) is 53.7 Å². The van der Waals surface area contributed by atoms with Crippen molar-refractivity contribution in [2.24, 2.45) is 4.99 Å². The molecule has 2 heterocycles. The summed E-state index contributed by atoms with van der Waals surface area (Å²) in [6.07, 6.45) is 3.99. The number of halogens is 1. The van der Waals surface area contributed by atoms with E-state index in [1.165, 1.54) is 5.56 Å². The Kier molecular flexibility index (Phi) is 4.98. The van der Waals surface area contributed by atoms with E-state index in [4.69, 9.17) is 11.6 Å². The zero-order chi connectivity index (χ0) is 17.9. The van der Waals surface area contributed by atoms with Gasteiger partial charge in [0.25, 0.3) is 0 Å². The molecular formula is C20H24ClN5. The number of benzene rings is 1. The lowest BCUT2D eigenvalue weighted by Crippen LogP contribution is -2.45. The third kappa shape index (κ3) is 3.78. The first kappa shape index (κ1) is 17.2. The molecule has 2 fully saturated rings. The van der Waals surface area contributed by atoms with Crippen molar-refractivity contribution in [2.75, 3.05) is 25.0 Å². The molecule has 26 heavy (non-hydrogen) atoms. The van der Waals surface area contributed by atoms with Crippen molar-refractivity contribution in [3.63, 3.8) is 0 Å². The summed E-state index contributed by atoms with van der Waals surface area (Å²) in [7, 11) is 1.83. The number of anilines is 1. The Morgan fingerprint density at radius 1 is 1.19 bits per heavy atom. The molecule has 4 rings (SSSR count). The molecule has 2 N–H and O–H groups in total. The molecule has 1 saturated heterocycles. The number of aliphatic imine (C=N–C) groups is 1. The van der Waals surface area contributed by atoms with E-state index in [1.807, 2.05) is 19.2 Å². The van der Waals surface area contributed by atoms with E-state index in [2.05, 4.69) is 55.8 Å². The van der Waals surface area contributed by atoms with Gasteiger partial charge in [-0.1, -0.05) is 41.9 Å². The Labute approximate surface area is 159 Å². The molecule has 0 bridgehead atoms. The highest BCUT2D eigenvalue weighted by atomic mass is 35.5. The van der Waals surface area contributed by atoms with Gasteiger partial charge in [0.05, 0.1) is 5.02 Å². The molecule has 0 radical (unpaired) electrons. The van der Waals surface area contributed by atoms with Gasteiger partial charge in [-0.2, -0.15) is 0 Å². The minimum atomic E-state index is 0.341. The summed E-state index contributed by atoms with van der Waals surface area (Å²) in [5.74, 6) is 2.34. The standard InChI is InChI=1S/C20H24ClN5/c1-22-20(25-18-12-16(18)14-6-3-2-4-7-14)24-15-9-11-26(13-15)19-17(21)8-5-10-23-19/h2-8,10,15-16,18H,9,11-13H2,1H3,(H2,22,24,25). The lowest BCUT2D eigenvalue weighted by Gasteiger charge is -2.20. The minimum absolute atomic E-state index is 0.341. The summed E-state index contributed by atoms with van der Waals surface area (Å²) in [6, 6.07) is 15.2. The molecule has 1 aromatic heterocycles. The molecule has 136 valence electrons. The van der Waals surface area contributed by atoms with Gasteiger partial charge < -0.3 is 15.5 Å². The smallest absolute Gasteiger partial charge is 0.191 e. The molecule has 3 atom stereocenters. The predicted molar refractivity (Wildman–Crippen MR) is 107 cm³/mol. The maximum absolute atomic E-state index is 6.28. The average Bonchev–Trinajstić information content (AvgIpc) is 3.29. The number of nitrogens with zero attached hydrogens (tertiary/aromatic N) is 3. The van der Waals surface area contributed by atoms with Gasteiger partial charge in [-0.25, -0.2) is 4.98 Å². The van der Waals surface area contributed by atoms with Crippen LogP contribution in [-0.2, 0) is 0 Å². The minimum Gasteiger partial charge on any atom is -0.353 e. The van der Waals surface area contributed by atoms with Crippen molar-refractivity contribution in [3.8, 4) is 0 Å². The molecule has 0 amide bonds. The quantitative estimate of drug-likeness (QED) is 0.642. The SMILES string of the molecule is CN=C(NC1CCN(c2ncccc2Cl)C1)NC1CC1c1ccccc1. The van der Waals surface area contributed by atoms with Crippen LogP contribution in [0.2, 0.25) is 5.02 Å². The van der Waals surface area contributed by atoms with Crippen LogP contribution >= 0.6 is 11.6 Å². The second-order valence-corrected chi connectivity index (χ2v) is 7.37. The fourth-order valence-corrected chi connectivity index (χ4v) is 3.88. The molecule has 2 aromatic rings. The highest BCUT2D eigenvalue weighted by Gasteiger charge is 2.39. The van der Waals surface area contributed by atoms with Gasteiger partial charge in [-0.05, 0) is 30.5 Å². The fourth-order valence-electron chi connectivity index (χ4n) is 3.64. The molecule has 6 heteroatoms. The van der Waals surface area contributed by atoms with Crippen LogP contribution < -0.4 is 15.5 Å². The van der Waals surface area contributed by atoms with E-state index in [-0.39, 0.29) is 0 Å².